The smallest absolute Gasteiger partial charge is 0.135 e. The minimum atomic E-state index is -4.64. The highest BCUT2D eigenvalue weighted by atomic mass is 32.2. The van der Waals surface area contributed by atoms with Crippen LogP contribution in [0.1, 0.15) is 110 Å². The summed E-state index contributed by atoms with van der Waals surface area (Å²) in [4.78, 5) is 15.6. The Kier molecular flexibility index (Phi) is 14.4. The van der Waals surface area contributed by atoms with E-state index in [0.717, 1.165) is 73.2 Å². The van der Waals surface area contributed by atoms with Crippen LogP contribution in [0.15, 0.2) is 125 Å². The van der Waals surface area contributed by atoms with Gasteiger partial charge in [0.2, 0.25) is 0 Å². The number of unbranched alkanes of at least 4 members (excludes halogenated alkanes) is 3. The highest BCUT2D eigenvalue weighted by Gasteiger charge is 2.47. The minimum absolute atomic E-state index is 0.0620. The fraction of sp³-hybridized carbons (Fsp3) is 0.449. The van der Waals surface area contributed by atoms with Gasteiger partial charge < -0.3 is 18.7 Å². The maximum Gasteiger partial charge on any atom is 0.135 e. The fourth-order valence-corrected chi connectivity index (χ4v) is 10.3. The maximum absolute atomic E-state index is 12.3. The monoisotopic (exact) mass is 869 g/mol. The van der Waals surface area contributed by atoms with E-state index >= 15 is 0 Å². The zero-order chi connectivity index (χ0) is 44.2. The first-order chi connectivity index (χ1) is 28.8. The van der Waals surface area contributed by atoms with E-state index in [2.05, 4.69) is 93.3 Å². The Labute approximate surface area is 363 Å². The van der Waals surface area contributed by atoms with Crippen LogP contribution in [-0.2, 0) is 35.9 Å². The van der Waals surface area contributed by atoms with Crippen LogP contribution in [0.4, 0.5) is 11.4 Å². The minimum Gasteiger partial charge on any atom is -0.748 e. The van der Waals surface area contributed by atoms with Crippen molar-refractivity contribution in [2.75, 3.05) is 23.7 Å². The molecule has 0 amide bonds. The molecular weight excluding hydrogens is 809 g/mol. The van der Waals surface area contributed by atoms with Gasteiger partial charge in [-0.3, -0.25) is 9.69 Å². The molecule has 1 aliphatic carbocycles. The van der Waals surface area contributed by atoms with E-state index in [-0.39, 0.29) is 34.1 Å². The Hall–Kier alpha value is -4.33. The van der Waals surface area contributed by atoms with Crippen molar-refractivity contribution in [1.82, 2.24) is 0 Å². The number of carbonyl (C=O) groups excluding carboxylic acids is 1. The molecule has 2 aliphatic heterocycles. The third-order valence-electron chi connectivity index (χ3n) is 12.7. The molecule has 3 aliphatic rings. The van der Waals surface area contributed by atoms with Crippen molar-refractivity contribution in [2.24, 2.45) is 5.92 Å². The average Bonchev–Trinajstić information content (AvgIpc) is 3.55. The van der Waals surface area contributed by atoms with E-state index in [1.165, 1.54) is 40.4 Å². The number of ether oxygens (including phenoxy) is 1. The largest absolute Gasteiger partial charge is 0.748 e. The summed E-state index contributed by atoms with van der Waals surface area (Å²) in [6.07, 6.45) is 15.4. The fourth-order valence-electron chi connectivity index (χ4n) is 9.29. The summed E-state index contributed by atoms with van der Waals surface area (Å²) in [5.74, 6) is 1.07. The standard InChI is InChI=1S/C49H62N2O8S2/c1-35(2)44(52)23-8-7-13-32-50-42-21-11-9-19-40(42)48(3,4)45(50)30-24-36-17-16-18-37(47(36)59-38-26-28-39(29-27-38)61(56,57)58)25-31-46-49(5,6)41-20-10-12-22-43(41)51(46)33-14-15-34-60(53,54)55/h9-12,19-22,24-31,35,45H,7-8,13-18,23,32-34H2,1-6H3,(H,53,54,55)(H,56,57,58)/p-1/b30-24+,37-25+,46-31+. The van der Waals surface area contributed by atoms with Crippen LogP contribution in [0.25, 0.3) is 0 Å². The number of hydrogen-bond donors (Lipinski definition) is 1. The number of carbonyl (C=O) groups is 1. The van der Waals surface area contributed by atoms with Gasteiger partial charge in [-0.25, -0.2) is 16.8 Å². The van der Waals surface area contributed by atoms with Gasteiger partial charge in [0, 0.05) is 47.0 Å². The summed E-state index contributed by atoms with van der Waals surface area (Å²) in [5.41, 5.74) is 7.30. The van der Waals surface area contributed by atoms with Crippen LogP contribution in [-0.4, -0.2) is 56.6 Å². The average molecular weight is 870 g/mol. The van der Waals surface area contributed by atoms with E-state index < -0.39 is 26.0 Å². The molecule has 61 heavy (non-hydrogen) atoms. The van der Waals surface area contributed by atoms with Crippen LogP contribution >= 0.6 is 0 Å². The lowest BCUT2D eigenvalue weighted by atomic mass is 9.80. The molecule has 0 aromatic heterocycles. The second-order valence-corrected chi connectivity index (χ2v) is 21.0. The molecule has 0 fully saturated rings. The molecule has 0 radical (unpaired) electrons. The van der Waals surface area contributed by atoms with Gasteiger partial charge in [0.15, 0.2) is 0 Å². The van der Waals surface area contributed by atoms with Gasteiger partial charge in [-0.1, -0.05) is 76.2 Å². The third kappa shape index (κ3) is 10.8. The molecule has 3 aromatic rings. The molecule has 10 nitrogen and oxygen atoms in total. The number of fused-ring (bicyclic) bond motifs is 2. The van der Waals surface area contributed by atoms with Crippen LogP contribution in [0, 0.1) is 5.92 Å². The number of para-hydroxylation sites is 2. The van der Waals surface area contributed by atoms with Gasteiger partial charge in [0.05, 0.1) is 27.0 Å². The molecule has 3 aromatic carbocycles. The Bertz CT molecular complexity index is 2430. The first-order valence-corrected chi connectivity index (χ1v) is 24.6. The molecule has 2 atom stereocenters. The van der Waals surface area contributed by atoms with Crippen molar-refractivity contribution >= 4 is 37.4 Å². The number of rotatable bonds is 18. The Balaban J connectivity index is 1.37. The lowest BCUT2D eigenvalue weighted by Crippen LogP contribution is -3.10. The number of hydrogen-bond acceptors (Lipinski definition) is 9. The normalized spacial score (nSPS) is 21.2. The number of anilines is 1. The zero-order valence-electron chi connectivity index (χ0n) is 36.4. The summed E-state index contributed by atoms with van der Waals surface area (Å²) in [6.45, 7) is 14.4. The van der Waals surface area contributed by atoms with Crippen LogP contribution < -0.4 is 14.5 Å². The second kappa shape index (κ2) is 19.0. The number of benzene rings is 3. The lowest BCUT2D eigenvalue weighted by molar-refractivity contribution is -0.850. The maximum atomic E-state index is 12.3. The van der Waals surface area contributed by atoms with Crippen LogP contribution in [0.2, 0.25) is 0 Å². The molecule has 0 spiro atoms. The summed E-state index contributed by atoms with van der Waals surface area (Å²) >= 11 is 0. The number of nitrogens with one attached hydrogen (secondary N) is 1. The summed E-state index contributed by atoms with van der Waals surface area (Å²) in [6, 6.07) is 22.6. The molecule has 2 unspecified atom stereocenters. The molecule has 2 heterocycles. The molecule has 12 heteroatoms. The van der Waals surface area contributed by atoms with E-state index in [4.69, 9.17) is 4.74 Å². The summed E-state index contributed by atoms with van der Waals surface area (Å²) in [7, 11) is -8.95. The second-order valence-electron chi connectivity index (χ2n) is 18.1. The first-order valence-electron chi connectivity index (χ1n) is 21.6. The van der Waals surface area contributed by atoms with E-state index in [1.54, 1.807) is 0 Å². The van der Waals surface area contributed by atoms with Gasteiger partial charge in [0.25, 0.3) is 0 Å². The molecular formula is C49H61N2O8S2-. The molecule has 6 rings (SSSR count). The van der Waals surface area contributed by atoms with Crippen molar-refractivity contribution in [1.29, 1.82) is 0 Å². The molecule has 328 valence electrons. The number of ketones is 1. The summed E-state index contributed by atoms with van der Waals surface area (Å²) in [5, 5.41) is 0. The third-order valence-corrected chi connectivity index (χ3v) is 14.3. The van der Waals surface area contributed by atoms with Gasteiger partial charge in [0.1, 0.15) is 39.1 Å². The van der Waals surface area contributed by atoms with Crippen molar-refractivity contribution in [3.8, 4) is 5.75 Å². The van der Waals surface area contributed by atoms with Crippen molar-refractivity contribution < 1.29 is 40.4 Å². The van der Waals surface area contributed by atoms with Crippen LogP contribution in [0.5, 0.6) is 5.75 Å². The number of quaternary nitrogens is 1. The van der Waals surface area contributed by atoms with Crippen LogP contribution in [0.3, 0.4) is 0 Å². The Morgan fingerprint density at radius 3 is 2.23 bits per heavy atom. The van der Waals surface area contributed by atoms with Crippen molar-refractivity contribution in [3.63, 3.8) is 0 Å². The molecule has 0 saturated carbocycles. The lowest BCUT2D eigenvalue weighted by Gasteiger charge is -2.29. The number of nitrogens with zero attached hydrogens (tertiary/aromatic N) is 1. The van der Waals surface area contributed by atoms with Crippen molar-refractivity contribution in [3.05, 3.63) is 131 Å². The van der Waals surface area contributed by atoms with E-state index in [0.29, 0.717) is 36.7 Å². The van der Waals surface area contributed by atoms with Gasteiger partial charge in [-0.2, -0.15) is 0 Å². The SMILES string of the molecule is CC(C)C(=O)CCCCC[NH+]1c2ccccc2C(C)(C)C1/C=C/C1=C(Oc2ccc(S(=O)(=O)[O-])cc2)C(=C/C=C2/N(CCCCS(=O)(=O)[O-])c3ccccc3C2(C)C)/CCC1. The molecule has 0 saturated heterocycles. The van der Waals surface area contributed by atoms with E-state index in [1.807, 2.05) is 26.0 Å². The van der Waals surface area contributed by atoms with Gasteiger partial charge in [-0.05, 0) is 130 Å². The topological polar surface area (TPSA) is 148 Å². The quantitative estimate of drug-likeness (QED) is 0.0981. The number of allylic oxidation sites excluding steroid dienone is 6. The predicted octanol–water partition coefficient (Wildman–Crippen LogP) is 8.56. The Morgan fingerprint density at radius 2 is 1.54 bits per heavy atom. The molecule has 1 N–H and O–H groups in total. The molecule has 0 bridgehead atoms. The predicted molar refractivity (Wildman–Crippen MR) is 239 cm³/mol. The Morgan fingerprint density at radius 1 is 0.852 bits per heavy atom. The van der Waals surface area contributed by atoms with E-state index in [9.17, 15) is 30.7 Å². The van der Waals surface area contributed by atoms with Gasteiger partial charge in [-0.15, -0.1) is 0 Å². The van der Waals surface area contributed by atoms with Crippen molar-refractivity contribution in [2.45, 2.75) is 121 Å². The number of Topliss-reactive ketones (excluding diaryl/α,β-unsaturated/α-hetero) is 1. The highest BCUT2D eigenvalue weighted by Crippen LogP contribution is 2.48. The first kappa shape index (κ1) is 46.2. The zero-order valence-corrected chi connectivity index (χ0v) is 38.0. The highest BCUT2D eigenvalue weighted by molar-refractivity contribution is 7.86. The van der Waals surface area contributed by atoms with Gasteiger partial charge >= 0.3 is 0 Å². The summed E-state index contributed by atoms with van der Waals surface area (Å²) < 4.78 is 76.1.